The number of hydrogen-bond acceptors (Lipinski definition) is 4. The van der Waals surface area contributed by atoms with Crippen LogP contribution in [0.1, 0.15) is 44.0 Å². The highest BCUT2D eigenvalue weighted by atomic mass is 32.2. The molecule has 2 aliphatic rings. The number of carbonyl (C=O) groups is 2. The third-order valence-electron chi connectivity index (χ3n) is 5.78. The average molecular weight is 422 g/mol. The fourth-order valence-corrected chi connectivity index (χ4v) is 6.03. The van der Waals surface area contributed by atoms with Crippen LogP contribution in [0, 0.1) is 11.8 Å². The van der Waals surface area contributed by atoms with Gasteiger partial charge in [-0.3, -0.25) is 9.59 Å². The fraction of sp³-hybridized carbons (Fsp3) is 0.619. The van der Waals surface area contributed by atoms with Crippen molar-refractivity contribution in [2.45, 2.75) is 38.5 Å². The summed E-state index contributed by atoms with van der Waals surface area (Å²) in [6.45, 7) is 8.94. The molecule has 0 N–H and O–H groups in total. The van der Waals surface area contributed by atoms with E-state index in [1.54, 1.807) is 32.3 Å². The van der Waals surface area contributed by atoms with Gasteiger partial charge >= 0.3 is 0 Å². The minimum absolute atomic E-state index is 0.0928. The molecular weight excluding hydrogens is 390 g/mol. The van der Waals surface area contributed by atoms with Gasteiger partial charge in [0.15, 0.2) is 0 Å². The van der Waals surface area contributed by atoms with Crippen LogP contribution < -0.4 is 0 Å². The van der Waals surface area contributed by atoms with Gasteiger partial charge in [-0.25, -0.2) is 8.42 Å². The zero-order chi connectivity index (χ0) is 21.2. The van der Waals surface area contributed by atoms with Crippen LogP contribution in [0.25, 0.3) is 0 Å². The number of piperidine rings is 1. The molecule has 0 bridgehead atoms. The number of amides is 2. The molecule has 2 amide bonds. The lowest BCUT2D eigenvalue weighted by atomic mass is 9.94. The molecular formula is C21H31N3O4S. The molecule has 0 aliphatic carbocycles. The second kappa shape index (κ2) is 8.83. The number of carbonyl (C=O) groups excluding carboxylic acids is 2. The molecule has 7 nitrogen and oxygen atoms in total. The molecule has 2 aliphatic heterocycles. The molecule has 2 saturated heterocycles. The molecule has 0 saturated carbocycles. The first-order chi connectivity index (χ1) is 13.7. The van der Waals surface area contributed by atoms with E-state index >= 15 is 0 Å². The summed E-state index contributed by atoms with van der Waals surface area (Å²) in [5, 5.41) is 0. The third kappa shape index (κ3) is 4.80. The van der Waals surface area contributed by atoms with Crippen LogP contribution in [-0.2, 0) is 14.8 Å². The van der Waals surface area contributed by atoms with Crippen LogP contribution in [-0.4, -0.2) is 73.6 Å². The van der Waals surface area contributed by atoms with Crippen LogP contribution in [0.4, 0.5) is 0 Å². The zero-order valence-electron chi connectivity index (χ0n) is 17.5. The first kappa shape index (κ1) is 21.8. The Bertz CT molecular complexity index is 852. The lowest BCUT2D eigenvalue weighted by Crippen LogP contribution is -2.50. The number of nitrogens with zero attached hydrogens (tertiary/aromatic N) is 3. The molecule has 1 aromatic rings. The molecule has 2 atom stereocenters. The maximum absolute atomic E-state index is 13.1. The van der Waals surface area contributed by atoms with Gasteiger partial charge in [0.25, 0.3) is 5.91 Å². The van der Waals surface area contributed by atoms with Crippen LogP contribution in [0.3, 0.4) is 0 Å². The summed E-state index contributed by atoms with van der Waals surface area (Å²) in [7, 11) is -3.63. The summed E-state index contributed by atoms with van der Waals surface area (Å²) in [6.07, 6.45) is 1.48. The molecule has 8 heteroatoms. The second-order valence-corrected chi connectivity index (χ2v) is 10.3. The molecule has 160 valence electrons. The molecule has 2 unspecified atom stereocenters. The Morgan fingerprint density at radius 1 is 1.00 bits per heavy atom. The summed E-state index contributed by atoms with van der Waals surface area (Å²) < 4.78 is 27.8. The Balaban J connectivity index is 1.74. The SMILES string of the molecule is CCC(=O)N1CCN(C(=O)c2cccc(S(=O)(=O)N3CC(C)CC(C)C3)c2)CC1. The van der Waals surface area contributed by atoms with E-state index in [0.29, 0.717) is 63.1 Å². The van der Waals surface area contributed by atoms with Gasteiger partial charge in [0.1, 0.15) is 0 Å². The van der Waals surface area contributed by atoms with E-state index in [1.165, 1.54) is 6.07 Å². The van der Waals surface area contributed by atoms with Crippen molar-refractivity contribution in [3.8, 4) is 0 Å². The van der Waals surface area contributed by atoms with Gasteiger partial charge in [-0.2, -0.15) is 4.31 Å². The predicted molar refractivity (Wildman–Crippen MR) is 111 cm³/mol. The van der Waals surface area contributed by atoms with Gasteiger partial charge in [-0.15, -0.1) is 0 Å². The number of benzene rings is 1. The van der Waals surface area contributed by atoms with Crippen LogP contribution >= 0.6 is 0 Å². The Morgan fingerprint density at radius 3 is 2.17 bits per heavy atom. The van der Waals surface area contributed by atoms with Crippen molar-refractivity contribution >= 4 is 21.8 Å². The Hall–Kier alpha value is -1.93. The number of piperazine rings is 1. The molecule has 3 rings (SSSR count). The molecule has 1 aromatic carbocycles. The van der Waals surface area contributed by atoms with E-state index in [4.69, 9.17) is 0 Å². The van der Waals surface area contributed by atoms with Crippen LogP contribution in [0.15, 0.2) is 29.2 Å². The summed E-state index contributed by atoms with van der Waals surface area (Å²) >= 11 is 0. The Morgan fingerprint density at radius 2 is 1.59 bits per heavy atom. The molecule has 29 heavy (non-hydrogen) atoms. The highest BCUT2D eigenvalue weighted by molar-refractivity contribution is 7.89. The van der Waals surface area contributed by atoms with Crippen LogP contribution in [0.5, 0.6) is 0 Å². The highest BCUT2D eigenvalue weighted by Crippen LogP contribution is 2.27. The molecule has 0 radical (unpaired) electrons. The zero-order valence-corrected chi connectivity index (χ0v) is 18.3. The minimum Gasteiger partial charge on any atom is -0.339 e. The van der Waals surface area contributed by atoms with Crippen LogP contribution in [0.2, 0.25) is 0 Å². The summed E-state index contributed by atoms with van der Waals surface area (Å²) in [6, 6.07) is 6.35. The van der Waals surface area contributed by atoms with E-state index in [9.17, 15) is 18.0 Å². The van der Waals surface area contributed by atoms with Gasteiger partial charge < -0.3 is 9.80 Å². The van der Waals surface area contributed by atoms with Crippen molar-refractivity contribution in [1.29, 1.82) is 0 Å². The lowest BCUT2D eigenvalue weighted by molar-refractivity contribution is -0.132. The van der Waals surface area contributed by atoms with E-state index < -0.39 is 10.0 Å². The topological polar surface area (TPSA) is 78.0 Å². The van der Waals surface area contributed by atoms with Crippen molar-refractivity contribution < 1.29 is 18.0 Å². The van der Waals surface area contributed by atoms with Gasteiger partial charge in [0.05, 0.1) is 4.90 Å². The van der Waals surface area contributed by atoms with Gasteiger partial charge in [0.2, 0.25) is 15.9 Å². The quantitative estimate of drug-likeness (QED) is 0.745. The summed E-state index contributed by atoms with van der Waals surface area (Å²) in [5.41, 5.74) is 0.374. The highest BCUT2D eigenvalue weighted by Gasteiger charge is 2.32. The van der Waals surface area contributed by atoms with E-state index in [2.05, 4.69) is 13.8 Å². The first-order valence-corrected chi connectivity index (χ1v) is 11.8. The second-order valence-electron chi connectivity index (χ2n) is 8.32. The van der Waals surface area contributed by atoms with Crippen molar-refractivity contribution in [2.24, 2.45) is 11.8 Å². The van der Waals surface area contributed by atoms with Crippen molar-refractivity contribution in [1.82, 2.24) is 14.1 Å². The van der Waals surface area contributed by atoms with E-state index in [1.807, 2.05) is 6.92 Å². The fourth-order valence-electron chi connectivity index (χ4n) is 4.31. The molecule has 2 heterocycles. The average Bonchev–Trinajstić information content (AvgIpc) is 2.72. The third-order valence-corrected chi connectivity index (χ3v) is 7.60. The Labute approximate surface area is 173 Å². The first-order valence-electron chi connectivity index (χ1n) is 10.4. The lowest BCUT2D eigenvalue weighted by Gasteiger charge is -2.35. The maximum atomic E-state index is 13.1. The van der Waals surface area contributed by atoms with Gasteiger partial charge in [0, 0.05) is 51.3 Å². The van der Waals surface area contributed by atoms with E-state index in [0.717, 1.165) is 6.42 Å². The number of hydrogen-bond donors (Lipinski definition) is 0. The standard InChI is InChI=1S/C21H31N3O4S/c1-4-20(25)22-8-10-23(11-9-22)21(26)18-6-5-7-19(13-18)29(27,28)24-14-16(2)12-17(3)15-24/h5-7,13,16-17H,4,8-12,14-15H2,1-3H3. The number of rotatable bonds is 4. The monoisotopic (exact) mass is 421 g/mol. The van der Waals surface area contributed by atoms with Crippen molar-refractivity contribution in [2.75, 3.05) is 39.3 Å². The van der Waals surface area contributed by atoms with Crippen molar-refractivity contribution in [3.05, 3.63) is 29.8 Å². The summed E-state index contributed by atoms with van der Waals surface area (Å²) in [5.74, 6) is 0.544. The molecule has 0 aromatic heterocycles. The van der Waals surface area contributed by atoms with Gasteiger partial charge in [-0.05, 0) is 36.5 Å². The van der Waals surface area contributed by atoms with Crippen molar-refractivity contribution in [3.63, 3.8) is 0 Å². The summed E-state index contributed by atoms with van der Waals surface area (Å²) in [4.78, 5) is 28.4. The predicted octanol–water partition coefficient (Wildman–Crippen LogP) is 2.05. The van der Waals surface area contributed by atoms with E-state index in [-0.39, 0.29) is 16.7 Å². The molecule has 2 fully saturated rings. The minimum atomic E-state index is -3.63. The largest absolute Gasteiger partial charge is 0.339 e. The smallest absolute Gasteiger partial charge is 0.254 e. The maximum Gasteiger partial charge on any atom is 0.254 e. The molecule has 0 spiro atoms. The normalized spacial score (nSPS) is 23.8. The Kier molecular flexibility index (Phi) is 6.63. The van der Waals surface area contributed by atoms with Gasteiger partial charge in [-0.1, -0.05) is 26.8 Å². The number of sulfonamides is 1.